The first-order chi connectivity index (χ1) is 12.9. The minimum atomic E-state index is -0.402. The van der Waals surface area contributed by atoms with E-state index < -0.39 is 5.97 Å². The highest BCUT2D eigenvalue weighted by Gasteiger charge is 2.16. The SMILES string of the molecule is CCOC(=O)/C=C/c1ccc(NC(=O)CN(C)C(=O)c2ccc(Br)s2)cc1. The molecule has 2 amide bonds. The zero-order valence-corrected chi connectivity index (χ0v) is 17.3. The van der Waals surface area contributed by atoms with Gasteiger partial charge in [0.05, 0.1) is 21.8 Å². The Hall–Kier alpha value is -2.45. The lowest BCUT2D eigenvalue weighted by Crippen LogP contribution is -2.34. The molecule has 2 aromatic rings. The second-order valence-electron chi connectivity index (χ2n) is 5.52. The number of thiophene rings is 1. The number of esters is 1. The van der Waals surface area contributed by atoms with Gasteiger partial charge in [-0.05, 0) is 58.8 Å². The summed E-state index contributed by atoms with van der Waals surface area (Å²) in [6.07, 6.45) is 2.98. The van der Waals surface area contributed by atoms with Crippen LogP contribution in [0.5, 0.6) is 0 Å². The van der Waals surface area contributed by atoms with Crippen LogP contribution in [0.2, 0.25) is 0 Å². The van der Waals surface area contributed by atoms with Crippen LogP contribution < -0.4 is 5.32 Å². The molecule has 0 saturated heterocycles. The predicted octanol–water partition coefficient (Wildman–Crippen LogP) is 3.80. The van der Waals surface area contributed by atoms with Crippen LogP contribution in [0.3, 0.4) is 0 Å². The van der Waals surface area contributed by atoms with Gasteiger partial charge in [0, 0.05) is 18.8 Å². The molecule has 27 heavy (non-hydrogen) atoms. The van der Waals surface area contributed by atoms with Crippen LogP contribution in [-0.4, -0.2) is 42.9 Å². The van der Waals surface area contributed by atoms with Crippen molar-refractivity contribution in [1.82, 2.24) is 4.90 Å². The summed E-state index contributed by atoms with van der Waals surface area (Å²) in [5, 5.41) is 2.74. The predicted molar refractivity (Wildman–Crippen MR) is 110 cm³/mol. The second kappa shape index (κ2) is 10.0. The lowest BCUT2D eigenvalue weighted by Gasteiger charge is -2.16. The fourth-order valence-corrected chi connectivity index (χ4v) is 3.52. The second-order valence-corrected chi connectivity index (χ2v) is 7.98. The number of benzene rings is 1. The van der Waals surface area contributed by atoms with Crippen LogP contribution in [0.25, 0.3) is 6.08 Å². The fraction of sp³-hybridized carbons (Fsp3) is 0.211. The van der Waals surface area contributed by atoms with Gasteiger partial charge < -0.3 is 15.0 Å². The fourth-order valence-electron chi connectivity index (χ4n) is 2.14. The maximum atomic E-state index is 12.3. The number of nitrogens with zero attached hydrogens (tertiary/aromatic N) is 1. The number of hydrogen-bond donors (Lipinski definition) is 1. The van der Waals surface area contributed by atoms with Crippen LogP contribution in [0.4, 0.5) is 5.69 Å². The van der Waals surface area contributed by atoms with Crippen LogP contribution in [0.15, 0.2) is 46.3 Å². The summed E-state index contributed by atoms with van der Waals surface area (Å²) < 4.78 is 5.67. The Morgan fingerprint density at radius 2 is 1.89 bits per heavy atom. The van der Waals surface area contributed by atoms with Crippen molar-refractivity contribution in [2.75, 3.05) is 25.5 Å². The molecule has 0 spiro atoms. The van der Waals surface area contributed by atoms with Crippen LogP contribution in [-0.2, 0) is 14.3 Å². The Labute approximate surface area is 169 Å². The lowest BCUT2D eigenvalue weighted by atomic mass is 10.2. The van der Waals surface area contributed by atoms with Crippen molar-refractivity contribution < 1.29 is 19.1 Å². The van der Waals surface area contributed by atoms with E-state index in [0.717, 1.165) is 9.35 Å². The van der Waals surface area contributed by atoms with Crippen molar-refractivity contribution in [3.05, 3.63) is 56.7 Å². The molecular formula is C19H19BrN2O4S. The molecule has 2 rings (SSSR count). The van der Waals surface area contributed by atoms with E-state index in [1.807, 2.05) is 0 Å². The highest BCUT2D eigenvalue weighted by Crippen LogP contribution is 2.23. The molecule has 1 aromatic heterocycles. The van der Waals surface area contributed by atoms with Gasteiger partial charge in [-0.2, -0.15) is 0 Å². The van der Waals surface area contributed by atoms with E-state index in [1.54, 1.807) is 56.4 Å². The van der Waals surface area contributed by atoms with E-state index in [-0.39, 0.29) is 18.4 Å². The molecule has 0 atom stereocenters. The Kier molecular flexibility index (Phi) is 7.75. The minimum absolute atomic E-state index is 0.0567. The summed E-state index contributed by atoms with van der Waals surface area (Å²) in [7, 11) is 1.58. The third-order valence-electron chi connectivity index (χ3n) is 3.40. The van der Waals surface area contributed by atoms with E-state index >= 15 is 0 Å². The number of halogens is 1. The first kappa shape index (κ1) is 20.9. The maximum absolute atomic E-state index is 12.3. The van der Waals surface area contributed by atoms with Crippen LogP contribution in [0, 0.1) is 0 Å². The Morgan fingerprint density at radius 1 is 1.19 bits per heavy atom. The first-order valence-corrected chi connectivity index (χ1v) is 9.75. The standard InChI is InChI=1S/C19H19BrN2O4S/c1-3-26-18(24)11-6-13-4-7-14(8-5-13)21-17(23)12-22(2)19(25)15-9-10-16(20)27-15/h4-11H,3,12H2,1-2H3,(H,21,23)/b11-6+. The number of carbonyl (C=O) groups is 3. The van der Waals surface area contributed by atoms with Crippen molar-refractivity contribution >= 4 is 56.8 Å². The number of hydrogen-bond acceptors (Lipinski definition) is 5. The number of likely N-dealkylation sites (N-methyl/N-ethyl adjacent to an activating group) is 1. The Balaban J connectivity index is 1.88. The molecule has 0 bridgehead atoms. The van der Waals surface area contributed by atoms with E-state index in [1.165, 1.54) is 22.3 Å². The summed E-state index contributed by atoms with van der Waals surface area (Å²) in [6.45, 7) is 2.02. The van der Waals surface area contributed by atoms with Gasteiger partial charge in [-0.25, -0.2) is 4.79 Å². The van der Waals surface area contributed by atoms with Gasteiger partial charge in [0.25, 0.3) is 5.91 Å². The average molecular weight is 451 g/mol. The summed E-state index contributed by atoms with van der Waals surface area (Å²) in [5.74, 6) is -0.906. The van der Waals surface area contributed by atoms with Crippen molar-refractivity contribution in [2.45, 2.75) is 6.92 Å². The molecule has 0 fully saturated rings. The van der Waals surface area contributed by atoms with E-state index in [4.69, 9.17) is 4.74 Å². The number of rotatable bonds is 7. The summed E-state index contributed by atoms with van der Waals surface area (Å²) in [4.78, 5) is 37.6. The van der Waals surface area contributed by atoms with Gasteiger partial charge in [0.2, 0.25) is 5.91 Å². The lowest BCUT2D eigenvalue weighted by molar-refractivity contribution is -0.137. The molecule has 1 N–H and O–H groups in total. The highest BCUT2D eigenvalue weighted by molar-refractivity contribution is 9.11. The molecule has 0 aliphatic heterocycles. The number of nitrogens with one attached hydrogen (secondary N) is 1. The molecule has 1 aromatic carbocycles. The average Bonchev–Trinajstić information content (AvgIpc) is 3.07. The van der Waals surface area contributed by atoms with Crippen LogP contribution in [0.1, 0.15) is 22.2 Å². The molecule has 6 nitrogen and oxygen atoms in total. The third-order valence-corrected chi connectivity index (χ3v) is 5.02. The third kappa shape index (κ3) is 6.65. The first-order valence-electron chi connectivity index (χ1n) is 8.14. The minimum Gasteiger partial charge on any atom is -0.463 e. The van der Waals surface area contributed by atoms with E-state index in [2.05, 4.69) is 21.2 Å². The monoisotopic (exact) mass is 450 g/mol. The number of anilines is 1. The summed E-state index contributed by atoms with van der Waals surface area (Å²) >= 11 is 4.64. The van der Waals surface area contributed by atoms with Crippen LogP contribution >= 0.6 is 27.3 Å². The van der Waals surface area contributed by atoms with Gasteiger partial charge >= 0.3 is 5.97 Å². The number of ether oxygens (including phenoxy) is 1. The van der Waals surface area contributed by atoms with Crippen molar-refractivity contribution in [2.24, 2.45) is 0 Å². The summed E-state index contributed by atoms with van der Waals surface area (Å²) in [5.41, 5.74) is 1.41. The molecule has 0 radical (unpaired) electrons. The highest BCUT2D eigenvalue weighted by atomic mass is 79.9. The molecule has 0 aliphatic carbocycles. The topological polar surface area (TPSA) is 75.7 Å². The van der Waals surface area contributed by atoms with Gasteiger partial charge in [0.1, 0.15) is 0 Å². The van der Waals surface area contributed by atoms with Gasteiger partial charge in [0.15, 0.2) is 0 Å². The molecule has 142 valence electrons. The van der Waals surface area contributed by atoms with Gasteiger partial charge in [-0.1, -0.05) is 12.1 Å². The van der Waals surface area contributed by atoms with E-state index in [9.17, 15) is 14.4 Å². The van der Waals surface area contributed by atoms with Crippen molar-refractivity contribution in [3.63, 3.8) is 0 Å². The smallest absolute Gasteiger partial charge is 0.330 e. The quantitative estimate of drug-likeness (QED) is 0.514. The number of carbonyl (C=O) groups excluding carboxylic acids is 3. The van der Waals surface area contributed by atoms with Gasteiger partial charge in [-0.15, -0.1) is 11.3 Å². The molecule has 0 saturated carbocycles. The normalized spacial score (nSPS) is 10.6. The molecule has 0 unspecified atom stereocenters. The van der Waals surface area contributed by atoms with Gasteiger partial charge in [-0.3, -0.25) is 9.59 Å². The Bertz CT molecular complexity index is 846. The Morgan fingerprint density at radius 3 is 2.48 bits per heavy atom. The van der Waals surface area contributed by atoms with Crippen molar-refractivity contribution in [1.29, 1.82) is 0 Å². The van der Waals surface area contributed by atoms with Crippen molar-refractivity contribution in [3.8, 4) is 0 Å². The molecule has 8 heteroatoms. The number of amides is 2. The summed E-state index contributed by atoms with van der Waals surface area (Å²) in [6, 6.07) is 10.5. The zero-order valence-electron chi connectivity index (χ0n) is 14.9. The maximum Gasteiger partial charge on any atom is 0.330 e. The molecular weight excluding hydrogens is 432 g/mol. The van der Waals surface area contributed by atoms with E-state index in [0.29, 0.717) is 17.2 Å². The zero-order chi connectivity index (χ0) is 19.8. The molecule has 0 aliphatic rings. The molecule has 1 heterocycles. The largest absolute Gasteiger partial charge is 0.463 e.